The molecule has 0 unspecified atom stereocenters. The van der Waals surface area contributed by atoms with Gasteiger partial charge in [-0.15, -0.1) is 0 Å². The lowest BCUT2D eigenvalue weighted by Crippen LogP contribution is -2.32. The van der Waals surface area contributed by atoms with Gasteiger partial charge in [-0.2, -0.15) is 10.4 Å². The lowest BCUT2D eigenvalue weighted by Gasteiger charge is -2.06. The second-order valence-corrected chi connectivity index (χ2v) is 8.63. The molecule has 148 valence electrons. The number of hydrogen-bond donors (Lipinski definition) is 1. The van der Waals surface area contributed by atoms with Crippen LogP contribution in [0.1, 0.15) is 16.7 Å². The maximum atomic E-state index is 12.2. The highest BCUT2D eigenvalue weighted by Gasteiger charge is 2.17. The maximum absolute atomic E-state index is 12.2. The average Bonchev–Trinajstić information content (AvgIpc) is 3.17. The van der Waals surface area contributed by atoms with Crippen molar-refractivity contribution in [2.45, 2.75) is 12.2 Å². The summed E-state index contributed by atoms with van der Waals surface area (Å²) in [6.45, 7) is 0.325. The number of carbonyl (C=O) groups is 1. The first kappa shape index (κ1) is 20.3. The van der Waals surface area contributed by atoms with Crippen LogP contribution in [0, 0.1) is 11.3 Å². The van der Waals surface area contributed by atoms with Crippen LogP contribution in [0.2, 0.25) is 0 Å². The third-order valence-electron chi connectivity index (χ3n) is 4.21. The van der Waals surface area contributed by atoms with Gasteiger partial charge in [-0.05, 0) is 41.8 Å². The molecule has 3 rings (SSSR count). The van der Waals surface area contributed by atoms with Crippen molar-refractivity contribution in [3.63, 3.8) is 0 Å². The number of nitriles is 1. The maximum Gasteiger partial charge on any atom is 0.235 e. The van der Waals surface area contributed by atoms with E-state index >= 15 is 0 Å². The molecule has 3 aromatic rings. The predicted molar refractivity (Wildman–Crippen MR) is 109 cm³/mol. The normalized spacial score (nSPS) is 11.0. The molecular weight excluding hydrogens is 388 g/mol. The Balaban J connectivity index is 1.47. The minimum Gasteiger partial charge on any atom is -0.355 e. The largest absolute Gasteiger partial charge is 0.355 e. The van der Waals surface area contributed by atoms with E-state index in [0.717, 1.165) is 11.3 Å². The highest BCUT2D eigenvalue weighted by molar-refractivity contribution is 7.91. The van der Waals surface area contributed by atoms with Crippen LogP contribution in [0.3, 0.4) is 0 Å². The molecule has 0 aliphatic carbocycles. The zero-order valence-electron chi connectivity index (χ0n) is 15.7. The Morgan fingerprint density at radius 1 is 1.07 bits per heavy atom. The van der Waals surface area contributed by atoms with Gasteiger partial charge in [0.05, 0.1) is 29.3 Å². The molecule has 0 bridgehead atoms. The monoisotopic (exact) mass is 408 g/mol. The second kappa shape index (κ2) is 9.17. The third kappa shape index (κ3) is 6.02. The molecule has 7 nitrogen and oxygen atoms in total. The molecule has 0 radical (unpaired) electrons. The van der Waals surface area contributed by atoms with Crippen LogP contribution in [-0.2, 0) is 26.8 Å². The number of sulfone groups is 1. The quantitative estimate of drug-likeness (QED) is 0.614. The van der Waals surface area contributed by atoms with E-state index in [2.05, 4.69) is 10.4 Å². The Bertz CT molecular complexity index is 1110. The van der Waals surface area contributed by atoms with Crippen LogP contribution in [0.25, 0.3) is 5.69 Å². The zero-order valence-corrected chi connectivity index (χ0v) is 16.5. The molecule has 1 aromatic heterocycles. The van der Waals surface area contributed by atoms with E-state index in [1.807, 2.05) is 42.6 Å². The Hall–Kier alpha value is -3.44. The molecule has 0 aliphatic rings. The molecule has 0 aliphatic heterocycles. The van der Waals surface area contributed by atoms with Crippen LogP contribution < -0.4 is 5.32 Å². The van der Waals surface area contributed by atoms with Gasteiger partial charge in [0.2, 0.25) is 5.91 Å². The van der Waals surface area contributed by atoms with Crippen molar-refractivity contribution in [2.24, 2.45) is 0 Å². The second-order valence-electron chi connectivity index (χ2n) is 6.57. The van der Waals surface area contributed by atoms with E-state index < -0.39 is 21.5 Å². The van der Waals surface area contributed by atoms with Crippen molar-refractivity contribution in [3.8, 4) is 11.8 Å². The van der Waals surface area contributed by atoms with Crippen LogP contribution in [0.15, 0.2) is 67.0 Å². The highest BCUT2D eigenvalue weighted by atomic mass is 32.2. The zero-order chi connectivity index (χ0) is 20.7. The van der Waals surface area contributed by atoms with Crippen molar-refractivity contribution < 1.29 is 13.2 Å². The van der Waals surface area contributed by atoms with E-state index in [0.29, 0.717) is 24.1 Å². The number of amides is 1. The van der Waals surface area contributed by atoms with Crippen molar-refractivity contribution in [1.82, 2.24) is 15.1 Å². The number of benzene rings is 2. The fourth-order valence-corrected chi connectivity index (χ4v) is 4.09. The number of nitrogens with one attached hydrogen (secondary N) is 1. The SMILES string of the molecule is N#Cc1ccc(CS(=O)(=O)CC(=O)NCCc2cnn(-c3ccccc3)c2)cc1. The van der Waals surface area contributed by atoms with Crippen LogP contribution in [0.5, 0.6) is 0 Å². The molecular formula is C21H20N4O3S. The minimum atomic E-state index is -3.59. The topological polar surface area (TPSA) is 105 Å². The molecule has 29 heavy (non-hydrogen) atoms. The third-order valence-corrected chi connectivity index (χ3v) is 5.69. The van der Waals surface area contributed by atoms with E-state index in [-0.39, 0.29) is 5.75 Å². The Morgan fingerprint density at radius 3 is 2.48 bits per heavy atom. The Labute approximate surface area is 169 Å². The summed E-state index contributed by atoms with van der Waals surface area (Å²) >= 11 is 0. The standard InChI is InChI=1S/C21H20N4O3S/c22-12-17-6-8-18(9-7-17)15-29(27,28)16-21(26)23-11-10-19-13-24-25(14-19)20-4-2-1-3-5-20/h1-9,13-14H,10-11,15-16H2,(H,23,26). The molecule has 1 heterocycles. The molecule has 2 aromatic carbocycles. The number of carbonyl (C=O) groups excluding carboxylic acids is 1. The van der Waals surface area contributed by atoms with E-state index in [1.54, 1.807) is 35.1 Å². The van der Waals surface area contributed by atoms with Gasteiger partial charge >= 0.3 is 0 Å². The summed E-state index contributed by atoms with van der Waals surface area (Å²) in [4.78, 5) is 12.0. The van der Waals surface area contributed by atoms with E-state index in [1.165, 1.54) is 0 Å². The summed E-state index contributed by atoms with van der Waals surface area (Å²) < 4.78 is 26.2. The molecule has 0 saturated carbocycles. The minimum absolute atomic E-state index is 0.240. The molecule has 1 amide bonds. The number of aromatic nitrogens is 2. The summed E-state index contributed by atoms with van der Waals surface area (Å²) in [5, 5.41) is 15.7. The highest BCUT2D eigenvalue weighted by Crippen LogP contribution is 2.09. The van der Waals surface area contributed by atoms with Crippen molar-refractivity contribution >= 4 is 15.7 Å². The molecule has 0 spiro atoms. The predicted octanol–water partition coefficient (Wildman–Crippen LogP) is 2.02. The Morgan fingerprint density at radius 2 is 1.79 bits per heavy atom. The van der Waals surface area contributed by atoms with Crippen molar-refractivity contribution in [3.05, 3.63) is 83.7 Å². The van der Waals surface area contributed by atoms with Gasteiger partial charge in [-0.1, -0.05) is 30.3 Å². The number of nitrogens with zero attached hydrogens (tertiary/aromatic N) is 3. The molecule has 1 N–H and O–H groups in total. The lowest BCUT2D eigenvalue weighted by molar-refractivity contribution is -0.118. The van der Waals surface area contributed by atoms with Gasteiger partial charge in [-0.3, -0.25) is 4.79 Å². The Kier molecular flexibility index (Phi) is 6.42. The average molecular weight is 408 g/mol. The van der Waals surface area contributed by atoms with Crippen LogP contribution in [0.4, 0.5) is 0 Å². The van der Waals surface area contributed by atoms with Gasteiger partial charge in [-0.25, -0.2) is 13.1 Å². The van der Waals surface area contributed by atoms with E-state index in [9.17, 15) is 13.2 Å². The fourth-order valence-electron chi connectivity index (χ4n) is 2.79. The number of hydrogen-bond acceptors (Lipinski definition) is 5. The smallest absolute Gasteiger partial charge is 0.235 e. The van der Waals surface area contributed by atoms with Crippen LogP contribution in [-0.4, -0.2) is 36.4 Å². The summed E-state index contributed by atoms with van der Waals surface area (Å²) in [6, 6.07) is 17.9. The lowest BCUT2D eigenvalue weighted by atomic mass is 10.2. The van der Waals surface area contributed by atoms with Crippen molar-refractivity contribution in [2.75, 3.05) is 12.3 Å². The summed E-state index contributed by atoms with van der Waals surface area (Å²) in [5.74, 6) is -1.35. The van der Waals surface area contributed by atoms with Crippen LogP contribution >= 0.6 is 0 Å². The van der Waals surface area contributed by atoms with Gasteiger partial charge in [0.15, 0.2) is 9.84 Å². The molecule has 8 heteroatoms. The first-order chi connectivity index (χ1) is 13.9. The number of para-hydroxylation sites is 1. The summed E-state index contributed by atoms with van der Waals surface area (Å²) in [6.07, 6.45) is 4.15. The van der Waals surface area contributed by atoms with Gasteiger partial charge < -0.3 is 5.32 Å². The number of rotatable bonds is 8. The first-order valence-electron chi connectivity index (χ1n) is 9.00. The van der Waals surface area contributed by atoms with Gasteiger partial charge in [0.25, 0.3) is 0 Å². The van der Waals surface area contributed by atoms with E-state index in [4.69, 9.17) is 5.26 Å². The molecule has 0 atom stereocenters. The summed E-state index contributed by atoms with van der Waals surface area (Å²) in [7, 11) is -3.59. The first-order valence-corrected chi connectivity index (χ1v) is 10.8. The fraction of sp³-hybridized carbons (Fsp3) is 0.190. The van der Waals surface area contributed by atoms with Crippen molar-refractivity contribution in [1.29, 1.82) is 5.26 Å². The van der Waals surface area contributed by atoms with Gasteiger partial charge in [0.1, 0.15) is 5.75 Å². The molecule has 0 fully saturated rings. The summed E-state index contributed by atoms with van der Waals surface area (Å²) in [5.41, 5.74) is 2.89. The molecule has 0 saturated heterocycles. The van der Waals surface area contributed by atoms with Gasteiger partial charge in [0, 0.05) is 12.7 Å².